The summed E-state index contributed by atoms with van der Waals surface area (Å²) in [4.78, 5) is 27.4. The van der Waals surface area contributed by atoms with Gasteiger partial charge in [0, 0.05) is 28.9 Å². The number of anilines is 1. The van der Waals surface area contributed by atoms with Gasteiger partial charge in [-0.1, -0.05) is 49.7 Å². The second-order valence-corrected chi connectivity index (χ2v) is 6.08. The number of para-hydroxylation sites is 1. The molecule has 1 aliphatic rings. The first-order chi connectivity index (χ1) is 12.7. The van der Waals surface area contributed by atoms with Gasteiger partial charge in [0.1, 0.15) is 0 Å². The number of nitrogens with one attached hydrogen (secondary N) is 1. The van der Waals surface area contributed by atoms with Gasteiger partial charge in [-0.15, -0.1) is 0 Å². The molecule has 0 fully saturated rings. The monoisotopic (exact) mass is 350 g/mol. The molecule has 5 heteroatoms. The van der Waals surface area contributed by atoms with Crippen LogP contribution in [0, 0.1) is 0 Å². The van der Waals surface area contributed by atoms with Crippen LogP contribution in [0.2, 0.25) is 0 Å². The Hall–Kier alpha value is -2.92. The SMILES string of the molecule is CCC/C(C(=O)NCCO)=C1/c2ccccc2C(=O)N1c1ccccc1. The average Bonchev–Trinajstić information content (AvgIpc) is 2.97. The van der Waals surface area contributed by atoms with Crippen molar-refractivity contribution in [2.75, 3.05) is 18.1 Å². The zero-order valence-electron chi connectivity index (χ0n) is 14.7. The van der Waals surface area contributed by atoms with E-state index in [9.17, 15) is 9.59 Å². The van der Waals surface area contributed by atoms with E-state index in [2.05, 4.69) is 5.32 Å². The van der Waals surface area contributed by atoms with Gasteiger partial charge < -0.3 is 10.4 Å². The Morgan fingerprint density at radius 2 is 1.69 bits per heavy atom. The van der Waals surface area contributed by atoms with E-state index in [0.29, 0.717) is 23.3 Å². The Kier molecular flexibility index (Phi) is 5.49. The van der Waals surface area contributed by atoms with Crippen molar-refractivity contribution in [3.8, 4) is 0 Å². The normalized spacial score (nSPS) is 15.0. The molecule has 1 aliphatic heterocycles. The number of hydrogen-bond acceptors (Lipinski definition) is 3. The van der Waals surface area contributed by atoms with Gasteiger partial charge in [-0.05, 0) is 24.6 Å². The fourth-order valence-electron chi connectivity index (χ4n) is 3.21. The molecule has 0 saturated heterocycles. The van der Waals surface area contributed by atoms with Crippen molar-refractivity contribution in [2.45, 2.75) is 19.8 Å². The smallest absolute Gasteiger partial charge is 0.263 e. The number of carbonyl (C=O) groups excluding carboxylic acids is 2. The molecule has 0 saturated carbocycles. The molecule has 3 rings (SSSR count). The van der Waals surface area contributed by atoms with E-state index in [1.165, 1.54) is 0 Å². The van der Waals surface area contributed by atoms with E-state index in [4.69, 9.17) is 5.11 Å². The van der Waals surface area contributed by atoms with Crippen molar-refractivity contribution in [3.05, 3.63) is 71.3 Å². The van der Waals surface area contributed by atoms with Crippen molar-refractivity contribution in [1.82, 2.24) is 5.32 Å². The minimum Gasteiger partial charge on any atom is -0.395 e. The molecule has 0 aromatic heterocycles. The van der Waals surface area contributed by atoms with Crippen LogP contribution in [0.4, 0.5) is 5.69 Å². The highest BCUT2D eigenvalue weighted by atomic mass is 16.3. The summed E-state index contributed by atoms with van der Waals surface area (Å²) in [5, 5.41) is 11.8. The number of hydrogen-bond donors (Lipinski definition) is 2. The fraction of sp³-hybridized carbons (Fsp3) is 0.238. The summed E-state index contributed by atoms with van der Waals surface area (Å²) in [7, 11) is 0. The molecule has 5 nitrogen and oxygen atoms in total. The molecule has 2 aromatic rings. The lowest BCUT2D eigenvalue weighted by atomic mass is 10.0. The van der Waals surface area contributed by atoms with Crippen molar-refractivity contribution < 1.29 is 14.7 Å². The summed E-state index contributed by atoms with van der Waals surface area (Å²) in [6.07, 6.45) is 1.31. The van der Waals surface area contributed by atoms with Gasteiger partial charge in [-0.2, -0.15) is 0 Å². The Bertz CT molecular complexity index is 843. The Balaban J connectivity index is 2.20. The second kappa shape index (κ2) is 7.97. The summed E-state index contributed by atoms with van der Waals surface area (Å²) in [6.45, 7) is 2.05. The lowest BCUT2D eigenvalue weighted by molar-refractivity contribution is -0.117. The van der Waals surface area contributed by atoms with Crippen LogP contribution in [0.3, 0.4) is 0 Å². The summed E-state index contributed by atoms with van der Waals surface area (Å²) in [6, 6.07) is 16.7. The molecule has 26 heavy (non-hydrogen) atoms. The first-order valence-electron chi connectivity index (χ1n) is 8.80. The minimum atomic E-state index is -0.249. The van der Waals surface area contributed by atoms with E-state index in [1.807, 2.05) is 55.5 Å². The molecular formula is C21H22N2O3. The third-order valence-electron chi connectivity index (χ3n) is 4.31. The highest BCUT2D eigenvalue weighted by molar-refractivity contribution is 6.25. The minimum absolute atomic E-state index is 0.127. The Morgan fingerprint density at radius 3 is 2.35 bits per heavy atom. The van der Waals surface area contributed by atoms with E-state index >= 15 is 0 Å². The third-order valence-corrected chi connectivity index (χ3v) is 4.31. The summed E-state index contributed by atoms with van der Waals surface area (Å²) < 4.78 is 0. The number of carbonyl (C=O) groups is 2. The summed E-state index contributed by atoms with van der Waals surface area (Å²) in [5.41, 5.74) is 3.28. The van der Waals surface area contributed by atoms with E-state index in [1.54, 1.807) is 11.0 Å². The molecule has 0 spiro atoms. The largest absolute Gasteiger partial charge is 0.395 e. The van der Waals surface area contributed by atoms with Gasteiger partial charge in [0.15, 0.2) is 0 Å². The molecule has 134 valence electrons. The molecule has 0 radical (unpaired) electrons. The van der Waals surface area contributed by atoms with Gasteiger partial charge in [-0.3, -0.25) is 14.5 Å². The summed E-state index contributed by atoms with van der Waals surface area (Å²) in [5.74, 6) is -0.383. The van der Waals surface area contributed by atoms with Crippen LogP contribution in [0.1, 0.15) is 35.7 Å². The predicted molar refractivity (Wildman–Crippen MR) is 102 cm³/mol. The van der Waals surface area contributed by atoms with Gasteiger partial charge in [0.05, 0.1) is 12.3 Å². The van der Waals surface area contributed by atoms with Gasteiger partial charge in [0.2, 0.25) is 5.91 Å². The Labute approximate surface area is 153 Å². The van der Waals surface area contributed by atoms with Gasteiger partial charge >= 0.3 is 0 Å². The molecule has 0 bridgehead atoms. The number of aliphatic hydroxyl groups is 1. The maximum atomic E-state index is 13.1. The highest BCUT2D eigenvalue weighted by Crippen LogP contribution is 2.39. The van der Waals surface area contributed by atoms with Crippen LogP contribution in [0.25, 0.3) is 5.70 Å². The van der Waals surface area contributed by atoms with Crippen molar-refractivity contribution in [2.24, 2.45) is 0 Å². The van der Waals surface area contributed by atoms with Crippen LogP contribution >= 0.6 is 0 Å². The standard InChI is InChI=1S/C21H22N2O3/c1-2-8-18(20(25)22-13-14-24)19-16-11-6-7-12-17(16)21(26)23(19)15-9-4-3-5-10-15/h3-7,9-12,24H,2,8,13-14H2,1H3,(H,22,25)/b19-18+. The summed E-state index contributed by atoms with van der Waals surface area (Å²) >= 11 is 0. The van der Waals surface area contributed by atoms with Gasteiger partial charge in [-0.25, -0.2) is 0 Å². The predicted octanol–water partition coefficient (Wildman–Crippen LogP) is 2.97. The van der Waals surface area contributed by atoms with Crippen LogP contribution in [0.15, 0.2) is 60.2 Å². The Morgan fingerprint density at radius 1 is 1.04 bits per heavy atom. The third kappa shape index (κ3) is 3.26. The van der Waals surface area contributed by atoms with E-state index in [-0.39, 0.29) is 25.0 Å². The number of aliphatic hydroxyl groups excluding tert-OH is 1. The van der Waals surface area contributed by atoms with Crippen LogP contribution in [-0.4, -0.2) is 30.1 Å². The molecular weight excluding hydrogens is 328 g/mol. The highest BCUT2D eigenvalue weighted by Gasteiger charge is 2.36. The molecule has 0 aliphatic carbocycles. The maximum Gasteiger partial charge on any atom is 0.263 e. The van der Waals surface area contributed by atoms with Crippen LogP contribution < -0.4 is 10.2 Å². The quantitative estimate of drug-likeness (QED) is 0.787. The fourth-order valence-corrected chi connectivity index (χ4v) is 3.21. The lowest BCUT2D eigenvalue weighted by Gasteiger charge is -2.22. The molecule has 0 unspecified atom stereocenters. The first kappa shape index (κ1) is 17.9. The molecule has 2 N–H and O–H groups in total. The molecule has 2 amide bonds. The number of nitrogens with zero attached hydrogens (tertiary/aromatic N) is 1. The molecule has 2 aromatic carbocycles. The first-order valence-corrected chi connectivity index (χ1v) is 8.80. The maximum absolute atomic E-state index is 13.1. The van der Waals surface area contributed by atoms with E-state index < -0.39 is 0 Å². The van der Waals surface area contributed by atoms with Crippen molar-refractivity contribution in [3.63, 3.8) is 0 Å². The van der Waals surface area contributed by atoms with Crippen LogP contribution in [0.5, 0.6) is 0 Å². The van der Waals surface area contributed by atoms with Crippen LogP contribution in [-0.2, 0) is 4.79 Å². The number of rotatable bonds is 6. The van der Waals surface area contributed by atoms with E-state index in [0.717, 1.165) is 17.7 Å². The number of benzene rings is 2. The number of fused-ring (bicyclic) bond motifs is 1. The van der Waals surface area contributed by atoms with Crippen molar-refractivity contribution >= 4 is 23.2 Å². The lowest BCUT2D eigenvalue weighted by Crippen LogP contribution is -2.31. The zero-order valence-corrected chi connectivity index (χ0v) is 14.7. The topological polar surface area (TPSA) is 69.6 Å². The average molecular weight is 350 g/mol. The van der Waals surface area contributed by atoms with Crippen molar-refractivity contribution in [1.29, 1.82) is 0 Å². The zero-order chi connectivity index (χ0) is 18.5. The molecule has 0 atom stereocenters. The second-order valence-electron chi connectivity index (χ2n) is 6.08. The molecule has 1 heterocycles. The number of amides is 2. The van der Waals surface area contributed by atoms with Gasteiger partial charge in [0.25, 0.3) is 5.91 Å².